The molecule has 138 valence electrons. The highest BCUT2D eigenvalue weighted by Crippen LogP contribution is 2.24. The molecule has 1 heterocycles. The Bertz CT molecular complexity index is 950. The van der Waals surface area contributed by atoms with E-state index in [0.29, 0.717) is 16.9 Å². The van der Waals surface area contributed by atoms with Crippen LogP contribution in [-0.2, 0) is 0 Å². The first-order valence-corrected chi connectivity index (χ1v) is 8.62. The lowest BCUT2D eigenvalue weighted by Crippen LogP contribution is -2.29. The second kappa shape index (κ2) is 7.86. The predicted molar refractivity (Wildman–Crippen MR) is 103 cm³/mol. The third-order valence-corrected chi connectivity index (χ3v) is 4.40. The quantitative estimate of drug-likeness (QED) is 0.741. The Balaban J connectivity index is 1.74. The molecule has 0 fully saturated rings. The van der Waals surface area contributed by atoms with Crippen molar-refractivity contribution in [1.29, 1.82) is 0 Å². The van der Waals surface area contributed by atoms with Crippen LogP contribution in [0.5, 0.6) is 0 Å². The summed E-state index contributed by atoms with van der Waals surface area (Å²) < 4.78 is 5.06. The van der Waals surface area contributed by atoms with Crippen LogP contribution in [0.4, 0.5) is 5.69 Å². The SMILES string of the molecule is Cc1cc(C(=O)N(C)C(C)c2cccc(NC(=O)c3ccccc3)c2)on1. The number of aromatic nitrogens is 1. The molecule has 27 heavy (non-hydrogen) atoms. The number of carbonyl (C=O) groups is 2. The molecular weight excluding hydrogens is 342 g/mol. The summed E-state index contributed by atoms with van der Waals surface area (Å²) >= 11 is 0. The van der Waals surface area contributed by atoms with Crippen LogP contribution < -0.4 is 5.32 Å². The average molecular weight is 363 g/mol. The number of anilines is 1. The second-order valence-corrected chi connectivity index (χ2v) is 6.37. The summed E-state index contributed by atoms with van der Waals surface area (Å²) in [6.07, 6.45) is 0. The highest BCUT2D eigenvalue weighted by atomic mass is 16.5. The summed E-state index contributed by atoms with van der Waals surface area (Å²) in [5.74, 6) is -0.223. The molecule has 0 saturated heterocycles. The molecule has 2 aromatic carbocycles. The molecule has 3 rings (SSSR count). The molecule has 3 aromatic rings. The van der Waals surface area contributed by atoms with E-state index in [4.69, 9.17) is 4.52 Å². The summed E-state index contributed by atoms with van der Waals surface area (Å²) in [5.41, 5.74) is 2.81. The van der Waals surface area contributed by atoms with E-state index in [1.807, 2.05) is 49.4 Å². The van der Waals surface area contributed by atoms with Crippen LogP contribution in [0.1, 0.15) is 45.1 Å². The van der Waals surface area contributed by atoms with Crippen molar-refractivity contribution in [2.45, 2.75) is 19.9 Å². The van der Waals surface area contributed by atoms with Crippen LogP contribution in [0.2, 0.25) is 0 Å². The molecule has 0 radical (unpaired) electrons. The first-order valence-electron chi connectivity index (χ1n) is 8.62. The van der Waals surface area contributed by atoms with E-state index >= 15 is 0 Å². The van der Waals surface area contributed by atoms with E-state index in [1.165, 1.54) is 0 Å². The molecule has 6 nitrogen and oxygen atoms in total. The minimum atomic E-state index is -0.248. The van der Waals surface area contributed by atoms with Crippen molar-refractivity contribution in [2.75, 3.05) is 12.4 Å². The van der Waals surface area contributed by atoms with Gasteiger partial charge in [-0.25, -0.2) is 0 Å². The van der Waals surface area contributed by atoms with Gasteiger partial charge in [0.05, 0.1) is 11.7 Å². The number of hydrogen-bond acceptors (Lipinski definition) is 4. The fourth-order valence-electron chi connectivity index (χ4n) is 2.71. The van der Waals surface area contributed by atoms with E-state index in [1.54, 1.807) is 37.1 Å². The third-order valence-electron chi connectivity index (χ3n) is 4.40. The van der Waals surface area contributed by atoms with Gasteiger partial charge in [0.25, 0.3) is 11.8 Å². The van der Waals surface area contributed by atoms with E-state index < -0.39 is 0 Å². The van der Waals surface area contributed by atoms with E-state index in [-0.39, 0.29) is 23.6 Å². The molecule has 0 spiro atoms. The van der Waals surface area contributed by atoms with Crippen LogP contribution in [0.15, 0.2) is 65.2 Å². The van der Waals surface area contributed by atoms with Crippen molar-refractivity contribution in [3.63, 3.8) is 0 Å². The van der Waals surface area contributed by atoms with Gasteiger partial charge in [0.15, 0.2) is 0 Å². The van der Waals surface area contributed by atoms with Crippen LogP contribution >= 0.6 is 0 Å². The maximum atomic E-state index is 12.5. The van der Waals surface area contributed by atoms with Crippen LogP contribution in [0, 0.1) is 6.92 Å². The lowest BCUT2D eigenvalue weighted by atomic mass is 10.1. The fraction of sp³-hybridized carbons (Fsp3) is 0.190. The number of hydrogen-bond donors (Lipinski definition) is 1. The maximum Gasteiger partial charge on any atom is 0.292 e. The third kappa shape index (κ3) is 4.23. The zero-order valence-corrected chi connectivity index (χ0v) is 15.5. The van der Waals surface area contributed by atoms with Crippen molar-refractivity contribution in [3.05, 3.63) is 83.2 Å². The van der Waals surface area contributed by atoms with Gasteiger partial charge in [0.1, 0.15) is 0 Å². The zero-order valence-electron chi connectivity index (χ0n) is 15.5. The monoisotopic (exact) mass is 363 g/mol. The fourth-order valence-corrected chi connectivity index (χ4v) is 2.71. The maximum absolute atomic E-state index is 12.5. The van der Waals surface area contributed by atoms with Gasteiger partial charge < -0.3 is 14.7 Å². The Labute approximate surface area is 157 Å². The molecule has 2 amide bonds. The van der Waals surface area contributed by atoms with Gasteiger partial charge in [0, 0.05) is 24.4 Å². The summed E-state index contributed by atoms with van der Waals surface area (Å²) in [7, 11) is 1.71. The van der Waals surface area contributed by atoms with Crippen molar-refractivity contribution in [3.8, 4) is 0 Å². The number of benzene rings is 2. The van der Waals surface area contributed by atoms with Crippen molar-refractivity contribution in [2.24, 2.45) is 0 Å². The van der Waals surface area contributed by atoms with Gasteiger partial charge in [-0.05, 0) is 43.7 Å². The van der Waals surface area contributed by atoms with Crippen LogP contribution in [0.3, 0.4) is 0 Å². The Hall–Kier alpha value is -3.41. The molecule has 0 aliphatic heterocycles. The van der Waals surface area contributed by atoms with Crippen LogP contribution in [0.25, 0.3) is 0 Å². The van der Waals surface area contributed by atoms with Gasteiger partial charge in [-0.3, -0.25) is 9.59 Å². The topological polar surface area (TPSA) is 75.4 Å². The number of aryl methyl sites for hydroxylation is 1. The summed E-state index contributed by atoms with van der Waals surface area (Å²) in [6, 6.07) is 17.9. The molecule has 6 heteroatoms. The summed E-state index contributed by atoms with van der Waals surface area (Å²) in [5, 5.41) is 6.64. The standard InChI is InChI=1S/C21H21N3O3/c1-14-12-19(27-23-14)21(26)24(3)15(2)17-10-7-11-18(13-17)22-20(25)16-8-5-4-6-9-16/h4-13,15H,1-3H3,(H,22,25). The Morgan fingerprint density at radius 2 is 1.81 bits per heavy atom. The molecular formula is C21H21N3O3. The smallest absolute Gasteiger partial charge is 0.292 e. The molecule has 1 N–H and O–H groups in total. The molecule has 1 aromatic heterocycles. The molecule has 0 aliphatic carbocycles. The number of carbonyl (C=O) groups excluding carboxylic acids is 2. The molecule has 0 bridgehead atoms. The number of amides is 2. The number of rotatable bonds is 5. The predicted octanol–water partition coefficient (Wildman–Crippen LogP) is 4.07. The number of nitrogens with one attached hydrogen (secondary N) is 1. The van der Waals surface area contributed by atoms with Gasteiger partial charge in [0.2, 0.25) is 5.76 Å². The van der Waals surface area contributed by atoms with Crippen LogP contribution in [-0.4, -0.2) is 28.9 Å². The van der Waals surface area contributed by atoms with Crippen molar-refractivity contribution in [1.82, 2.24) is 10.1 Å². The highest BCUT2D eigenvalue weighted by Gasteiger charge is 2.22. The average Bonchev–Trinajstić information content (AvgIpc) is 3.13. The van der Waals surface area contributed by atoms with Crippen molar-refractivity contribution < 1.29 is 14.1 Å². The van der Waals surface area contributed by atoms with E-state index in [9.17, 15) is 9.59 Å². The van der Waals surface area contributed by atoms with Gasteiger partial charge in [-0.2, -0.15) is 0 Å². The highest BCUT2D eigenvalue weighted by molar-refractivity contribution is 6.04. The van der Waals surface area contributed by atoms with E-state index in [0.717, 1.165) is 5.56 Å². The first-order chi connectivity index (χ1) is 13.0. The first kappa shape index (κ1) is 18.4. The van der Waals surface area contributed by atoms with Gasteiger partial charge in [-0.1, -0.05) is 35.5 Å². The lowest BCUT2D eigenvalue weighted by molar-refractivity contribution is 0.0700. The summed E-state index contributed by atoms with van der Waals surface area (Å²) in [6.45, 7) is 3.68. The minimum Gasteiger partial charge on any atom is -0.351 e. The normalized spacial score (nSPS) is 11.7. The Morgan fingerprint density at radius 1 is 1.07 bits per heavy atom. The number of nitrogens with zero attached hydrogens (tertiary/aromatic N) is 2. The lowest BCUT2D eigenvalue weighted by Gasteiger charge is -2.24. The molecule has 1 atom stereocenters. The minimum absolute atomic E-state index is 0.179. The van der Waals surface area contributed by atoms with Gasteiger partial charge in [-0.15, -0.1) is 0 Å². The van der Waals surface area contributed by atoms with Gasteiger partial charge >= 0.3 is 0 Å². The van der Waals surface area contributed by atoms with Crippen molar-refractivity contribution >= 4 is 17.5 Å². The summed E-state index contributed by atoms with van der Waals surface area (Å²) in [4.78, 5) is 26.5. The Kier molecular flexibility index (Phi) is 5.35. The molecule has 0 saturated carbocycles. The second-order valence-electron chi connectivity index (χ2n) is 6.37. The largest absolute Gasteiger partial charge is 0.351 e. The van der Waals surface area contributed by atoms with E-state index in [2.05, 4.69) is 10.5 Å². The molecule has 0 aliphatic rings. The Morgan fingerprint density at radius 3 is 2.48 bits per heavy atom. The zero-order chi connectivity index (χ0) is 19.4. The molecule has 1 unspecified atom stereocenters.